The highest BCUT2D eigenvalue weighted by Gasteiger charge is 2.52. The molecule has 1 aromatic rings. The third-order valence-corrected chi connectivity index (χ3v) is 9.50. The van der Waals surface area contributed by atoms with Crippen molar-refractivity contribution in [2.75, 3.05) is 18.9 Å². The third kappa shape index (κ3) is 10.5. The minimum Gasteiger partial charge on any atom is -0.477 e. The summed E-state index contributed by atoms with van der Waals surface area (Å²) >= 11 is 1.23. The zero-order valence-corrected chi connectivity index (χ0v) is 25.9. The van der Waals surface area contributed by atoms with Gasteiger partial charge >= 0.3 is 0 Å². The van der Waals surface area contributed by atoms with Crippen molar-refractivity contribution in [1.82, 2.24) is 15.5 Å². The van der Waals surface area contributed by atoms with Crippen LogP contribution in [0.3, 0.4) is 0 Å². The standard InChI is InChI=1S/C32H51N3O6S/c1-3-4-5-6-7-8-9-10-11-15-20-33-31(40)25(34-27(36)19-18-24-16-13-12-14-17-24)22-42-32-30(39)29(38)28(37)26-21-41-23(2)35(26)32/h12-14,16-17,25-26,28-30,32,37-39H,2-11,15,18-22H2,1H3,(H,33,40)(H,34,36)/t25-,26?,28+,29?,30?,32+/m0/s1. The van der Waals surface area contributed by atoms with Crippen molar-refractivity contribution in [2.24, 2.45) is 0 Å². The molecule has 5 N–H and O–H groups in total. The van der Waals surface area contributed by atoms with Crippen LogP contribution in [0.5, 0.6) is 0 Å². The second-order valence-corrected chi connectivity index (χ2v) is 12.6. The Hall–Kier alpha value is -2.27. The number of hydrogen-bond acceptors (Lipinski definition) is 8. The van der Waals surface area contributed by atoms with Crippen LogP contribution in [-0.4, -0.2) is 86.7 Å². The molecular formula is C32H51N3O6S. The Morgan fingerprint density at radius 1 is 0.976 bits per heavy atom. The summed E-state index contributed by atoms with van der Waals surface area (Å²) in [5, 5.41) is 36.8. The van der Waals surface area contributed by atoms with Gasteiger partial charge in [-0.05, 0) is 25.0 Å². The Bertz CT molecular complexity index is 967. The number of benzene rings is 1. The third-order valence-electron chi connectivity index (χ3n) is 8.12. The van der Waals surface area contributed by atoms with Gasteiger partial charge in [-0.3, -0.25) is 9.59 Å². The van der Waals surface area contributed by atoms with Crippen LogP contribution in [0.4, 0.5) is 0 Å². The average molecular weight is 606 g/mol. The van der Waals surface area contributed by atoms with Crippen LogP contribution in [0.25, 0.3) is 0 Å². The minimum atomic E-state index is -1.36. The highest BCUT2D eigenvalue weighted by atomic mass is 32.2. The van der Waals surface area contributed by atoms with Crippen molar-refractivity contribution in [2.45, 2.75) is 120 Å². The van der Waals surface area contributed by atoms with E-state index in [4.69, 9.17) is 4.74 Å². The maximum atomic E-state index is 13.2. The van der Waals surface area contributed by atoms with Gasteiger partial charge in [0.2, 0.25) is 11.8 Å². The van der Waals surface area contributed by atoms with Crippen LogP contribution in [-0.2, 0) is 20.7 Å². The summed E-state index contributed by atoms with van der Waals surface area (Å²) < 4.78 is 5.50. The molecule has 2 aliphatic heterocycles. The van der Waals surface area contributed by atoms with E-state index in [1.807, 2.05) is 30.3 Å². The number of aryl methyl sites for hydroxylation is 1. The molecule has 2 fully saturated rings. The first kappa shape index (κ1) is 34.2. The van der Waals surface area contributed by atoms with Gasteiger partial charge in [0, 0.05) is 18.7 Å². The molecule has 2 saturated heterocycles. The van der Waals surface area contributed by atoms with Crippen LogP contribution in [0.15, 0.2) is 42.8 Å². The molecule has 0 radical (unpaired) electrons. The predicted molar refractivity (Wildman–Crippen MR) is 167 cm³/mol. The summed E-state index contributed by atoms with van der Waals surface area (Å²) in [6.45, 7) is 6.79. The van der Waals surface area contributed by atoms with Gasteiger partial charge in [0.05, 0.1) is 6.04 Å². The molecule has 3 unspecified atom stereocenters. The van der Waals surface area contributed by atoms with E-state index < -0.39 is 35.8 Å². The van der Waals surface area contributed by atoms with E-state index >= 15 is 0 Å². The SMILES string of the molecule is C=C1OCC2[C@@H](O)C(O)C(O)[C@@H](SC[C@H](NC(=O)CCc3ccccc3)C(=O)NCCCCCCCCCCCC)N12. The van der Waals surface area contributed by atoms with Crippen molar-refractivity contribution >= 4 is 23.6 Å². The van der Waals surface area contributed by atoms with Crippen LogP contribution in [0.2, 0.25) is 0 Å². The average Bonchev–Trinajstić information content (AvgIpc) is 3.38. The van der Waals surface area contributed by atoms with Crippen LogP contribution in [0, 0.1) is 0 Å². The van der Waals surface area contributed by atoms with Crippen LogP contribution in [0.1, 0.15) is 83.1 Å². The largest absolute Gasteiger partial charge is 0.477 e. The van der Waals surface area contributed by atoms with Crippen molar-refractivity contribution < 1.29 is 29.6 Å². The highest BCUT2D eigenvalue weighted by molar-refractivity contribution is 8.00. The number of aliphatic hydroxyl groups is 3. The lowest BCUT2D eigenvalue weighted by Gasteiger charge is -2.45. The lowest BCUT2D eigenvalue weighted by molar-refractivity contribution is -0.129. The number of ether oxygens (including phenoxy) is 1. The highest BCUT2D eigenvalue weighted by Crippen LogP contribution is 2.38. The summed E-state index contributed by atoms with van der Waals surface area (Å²) in [6.07, 6.45) is 9.05. The molecule has 3 rings (SSSR count). The number of amides is 2. The predicted octanol–water partition coefficient (Wildman–Crippen LogP) is 3.47. The van der Waals surface area contributed by atoms with Crippen LogP contribution >= 0.6 is 11.8 Å². The van der Waals surface area contributed by atoms with E-state index in [1.54, 1.807) is 4.90 Å². The molecule has 0 aliphatic carbocycles. The first-order valence-electron chi connectivity index (χ1n) is 15.7. The molecule has 0 bridgehead atoms. The number of hydrogen-bond donors (Lipinski definition) is 5. The lowest BCUT2D eigenvalue weighted by atomic mass is 9.95. The van der Waals surface area contributed by atoms with E-state index in [-0.39, 0.29) is 30.6 Å². The van der Waals surface area contributed by atoms with E-state index in [0.29, 0.717) is 18.8 Å². The fourth-order valence-corrected chi connectivity index (χ4v) is 6.97. The number of unbranched alkanes of at least 4 members (excludes halogenated alkanes) is 9. The normalized spacial score (nSPS) is 24.1. The van der Waals surface area contributed by atoms with Gasteiger partial charge in [-0.2, -0.15) is 0 Å². The molecular weight excluding hydrogens is 554 g/mol. The quantitative estimate of drug-likeness (QED) is 0.152. The van der Waals surface area contributed by atoms with E-state index in [9.17, 15) is 24.9 Å². The monoisotopic (exact) mass is 605 g/mol. The zero-order chi connectivity index (χ0) is 30.3. The summed E-state index contributed by atoms with van der Waals surface area (Å²) in [5.74, 6) is -0.0334. The van der Waals surface area contributed by atoms with Crippen molar-refractivity contribution in [3.8, 4) is 0 Å². The second kappa shape index (κ2) is 18.4. The topological polar surface area (TPSA) is 131 Å². The fourth-order valence-electron chi connectivity index (χ4n) is 5.55. The van der Waals surface area contributed by atoms with Crippen LogP contribution < -0.4 is 10.6 Å². The molecule has 10 heteroatoms. The Kier molecular flexibility index (Phi) is 15.0. The lowest BCUT2D eigenvalue weighted by Crippen LogP contribution is -2.63. The second-order valence-electron chi connectivity index (χ2n) is 11.5. The first-order valence-corrected chi connectivity index (χ1v) is 16.7. The number of carbonyl (C=O) groups is 2. The van der Waals surface area contributed by atoms with Gasteiger partial charge in [-0.1, -0.05) is 95.0 Å². The molecule has 42 heavy (non-hydrogen) atoms. The van der Waals surface area contributed by atoms with Gasteiger partial charge in [0.25, 0.3) is 0 Å². The van der Waals surface area contributed by atoms with Gasteiger partial charge in [0.1, 0.15) is 36.3 Å². The van der Waals surface area contributed by atoms with E-state index in [0.717, 1.165) is 24.8 Å². The first-order chi connectivity index (χ1) is 20.3. The number of thioether (sulfide) groups is 1. The number of nitrogens with zero attached hydrogens (tertiary/aromatic N) is 1. The molecule has 0 aromatic heterocycles. The van der Waals surface area contributed by atoms with E-state index in [1.165, 1.54) is 56.7 Å². The van der Waals surface area contributed by atoms with Gasteiger partial charge < -0.3 is 35.6 Å². The van der Waals surface area contributed by atoms with Gasteiger partial charge in [-0.25, -0.2) is 0 Å². The summed E-state index contributed by atoms with van der Waals surface area (Å²) in [7, 11) is 0. The molecule has 236 valence electrons. The maximum absolute atomic E-state index is 13.2. The number of nitrogens with one attached hydrogen (secondary N) is 2. The Balaban J connectivity index is 1.50. The fraction of sp³-hybridized carbons (Fsp3) is 0.688. The van der Waals surface area contributed by atoms with E-state index in [2.05, 4.69) is 24.1 Å². The minimum absolute atomic E-state index is 0.153. The summed E-state index contributed by atoms with van der Waals surface area (Å²) in [4.78, 5) is 27.8. The zero-order valence-electron chi connectivity index (χ0n) is 25.1. The molecule has 2 heterocycles. The molecule has 0 saturated carbocycles. The number of piperidine rings is 1. The molecule has 1 aromatic carbocycles. The maximum Gasteiger partial charge on any atom is 0.243 e. The Morgan fingerprint density at radius 3 is 2.29 bits per heavy atom. The molecule has 2 aliphatic rings. The molecule has 0 spiro atoms. The number of carbonyl (C=O) groups excluding carboxylic acids is 2. The van der Waals surface area contributed by atoms with Gasteiger partial charge in [-0.15, -0.1) is 11.8 Å². The Labute approximate surface area is 255 Å². The number of aliphatic hydroxyl groups excluding tert-OH is 3. The smallest absolute Gasteiger partial charge is 0.243 e. The summed E-state index contributed by atoms with van der Waals surface area (Å²) in [6, 6.07) is 8.34. The van der Waals surface area contributed by atoms with Crippen molar-refractivity contribution in [3.05, 3.63) is 48.4 Å². The molecule has 9 nitrogen and oxygen atoms in total. The van der Waals surface area contributed by atoms with Gasteiger partial charge in [0.15, 0.2) is 5.88 Å². The Morgan fingerprint density at radius 2 is 1.62 bits per heavy atom. The molecule has 6 atom stereocenters. The molecule has 2 amide bonds. The van der Waals surface area contributed by atoms with Crippen molar-refractivity contribution in [3.63, 3.8) is 0 Å². The number of fused-ring (bicyclic) bond motifs is 1. The summed E-state index contributed by atoms with van der Waals surface area (Å²) in [5.41, 5.74) is 1.04. The number of rotatable bonds is 19. The van der Waals surface area contributed by atoms with Crippen molar-refractivity contribution in [1.29, 1.82) is 0 Å².